The van der Waals surface area contributed by atoms with Gasteiger partial charge in [0, 0.05) is 121 Å². The van der Waals surface area contributed by atoms with Crippen molar-refractivity contribution in [2.24, 2.45) is 7.05 Å². The molecule has 3 fully saturated rings. The molecule has 1 unspecified atom stereocenters. The topological polar surface area (TPSA) is 178 Å². The largest absolute Gasteiger partial charge is 0.393 e. The molecule has 0 spiro atoms. The number of benzene rings is 2. The zero-order valence-corrected chi connectivity index (χ0v) is 41.5. The molecule has 70 heavy (non-hydrogen) atoms. The minimum atomic E-state index is -0.696. The molecule has 5 aromatic rings. The molecule has 3 aliphatic rings. The van der Waals surface area contributed by atoms with Crippen LogP contribution in [-0.2, 0) is 43.9 Å². The highest BCUT2D eigenvalue weighted by Crippen LogP contribution is 2.37. The van der Waals surface area contributed by atoms with E-state index in [1.807, 2.05) is 24.4 Å². The van der Waals surface area contributed by atoms with Crippen LogP contribution < -0.4 is 16.3 Å². The second-order valence-corrected chi connectivity index (χ2v) is 19.7. The fourth-order valence-electron chi connectivity index (χ4n) is 10.5. The van der Waals surface area contributed by atoms with Gasteiger partial charge in [-0.2, -0.15) is 4.98 Å². The van der Waals surface area contributed by atoms with Gasteiger partial charge in [-0.15, -0.1) is 0 Å². The van der Waals surface area contributed by atoms with E-state index in [0.29, 0.717) is 69.0 Å². The molecule has 2 aliphatic heterocycles. The van der Waals surface area contributed by atoms with Crippen LogP contribution in [-0.4, -0.2) is 128 Å². The molecular weight excluding hydrogens is 887 g/mol. The lowest BCUT2D eigenvalue weighted by molar-refractivity contribution is -0.135. The predicted octanol–water partition coefficient (Wildman–Crippen LogP) is 7.11. The van der Waals surface area contributed by atoms with E-state index in [-0.39, 0.29) is 24.1 Å². The molecule has 2 saturated heterocycles. The number of fused-ring (bicyclic) bond motifs is 2. The van der Waals surface area contributed by atoms with Gasteiger partial charge in [-0.25, -0.2) is 9.78 Å². The quantitative estimate of drug-likeness (QED) is 0.0379. The lowest BCUT2D eigenvalue weighted by Crippen LogP contribution is -2.46. The van der Waals surface area contributed by atoms with Gasteiger partial charge in [-0.1, -0.05) is 49.7 Å². The molecule has 16 nitrogen and oxygen atoms in total. The maximum Gasteiger partial charge on any atom is 0.329 e. The third-order valence-corrected chi connectivity index (χ3v) is 14.5. The summed E-state index contributed by atoms with van der Waals surface area (Å²) in [5.41, 5.74) is 6.87. The molecular formula is C54H75N9O7. The van der Waals surface area contributed by atoms with Crippen molar-refractivity contribution in [3.63, 3.8) is 0 Å². The molecule has 8 rings (SSSR count). The Morgan fingerprint density at radius 2 is 1.57 bits per heavy atom. The molecule has 3 aromatic heterocycles. The number of Topliss-reactive ketones (excluding diaryl/α,β-unsaturated/α-hetero) is 1. The summed E-state index contributed by atoms with van der Waals surface area (Å²) in [6.45, 7) is 11.5. The van der Waals surface area contributed by atoms with Crippen LogP contribution in [0.4, 0.5) is 5.95 Å². The second-order valence-electron chi connectivity index (χ2n) is 19.7. The van der Waals surface area contributed by atoms with E-state index in [9.17, 15) is 24.3 Å². The molecule has 16 heteroatoms. The number of rotatable bonds is 26. The van der Waals surface area contributed by atoms with E-state index in [4.69, 9.17) is 19.4 Å². The minimum absolute atomic E-state index is 0.204. The van der Waals surface area contributed by atoms with Gasteiger partial charge in [0.2, 0.25) is 17.8 Å². The van der Waals surface area contributed by atoms with Crippen LogP contribution in [0.1, 0.15) is 126 Å². The molecule has 1 saturated carbocycles. The number of aliphatic hydroxyl groups excluding tert-OH is 1. The number of aliphatic hydroxyl groups is 1. The molecule has 5 heterocycles. The number of aromatic nitrogens is 5. The van der Waals surface area contributed by atoms with Crippen LogP contribution >= 0.6 is 0 Å². The lowest BCUT2D eigenvalue weighted by atomic mass is 9.93. The standard InChI is InChI=1S/C54H75N9O7/c1-3-4-26-55-53-56-36-45-46(38-62(51(45)58-53)42-20-22-44(65)23-21-42)40-18-16-39(17-19-40)37-61-30-28-60(29-31-61)27-8-14-43(64)13-5-6-32-69-34-10-35-70-33-9-12-41-11-7-15-47-50(41)59(2)54(68)63(47)48-24-25-49(66)57-52(48)67/h7,11,15-19,36,38,42,44,48,65H,3-6,8-10,12-14,20-35,37H2,1-2H3,(H,55,56,58)(H,57,66,67). The molecule has 0 radical (unpaired) electrons. The zero-order valence-electron chi connectivity index (χ0n) is 41.5. The number of carbonyl (C=O) groups is 3. The number of piperidine rings is 1. The van der Waals surface area contributed by atoms with Gasteiger partial charge in [0.15, 0.2) is 0 Å². The number of aryl methyl sites for hydroxylation is 2. The van der Waals surface area contributed by atoms with Crippen molar-refractivity contribution in [3.8, 4) is 11.1 Å². The molecule has 2 aromatic carbocycles. The summed E-state index contributed by atoms with van der Waals surface area (Å²) in [5.74, 6) is 0.285. The van der Waals surface area contributed by atoms with Crippen LogP contribution in [0.5, 0.6) is 0 Å². The van der Waals surface area contributed by atoms with E-state index < -0.39 is 11.9 Å². The smallest absolute Gasteiger partial charge is 0.329 e. The number of nitrogens with one attached hydrogen (secondary N) is 2. The Morgan fingerprint density at radius 3 is 2.33 bits per heavy atom. The van der Waals surface area contributed by atoms with Crippen LogP contribution in [0.25, 0.3) is 33.2 Å². The number of anilines is 1. The summed E-state index contributed by atoms with van der Waals surface area (Å²) in [7, 11) is 1.73. The first-order valence-corrected chi connectivity index (χ1v) is 26.2. The molecule has 1 atom stereocenters. The molecule has 1 aliphatic carbocycles. The number of para-hydroxylation sites is 1. The number of hydrogen-bond donors (Lipinski definition) is 3. The van der Waals surface area contributed by atoms with Gasteiger partial charge in [-0.05, 0) is 106 Å². The summed E-state index contributed by atoms with van der Waals surface area (Å²) in [5, 5.41) is 17.0. The van der Waals surface area contributed by atoms with Crippen molar-refractivity contribution in [1.82, 2.24) is 38.8 Å². The number of piperazine rings is 1. The van der Waals surface area contributed by atoms with Gasteiger partial charge in [0.1, 0.15) is 17.5 Å². The number of hydrogen-bond acceptors (Lipinski definition) is 12. The van der Waals surface area contributed by atoms with Crippen LogP contribution in [0, 0.1) is 0 Å². The highest BCUT2D eigenvalue weighted by Gasteiger charge is 2.32. The highest BCUT2D eigenvalue weighted by atomic mass is 16.5. The van der Waals surface area contributed by atoms with E-state index >= 15 is 0 Å². The van der Waals surface area contributed by atoms with Gasteiger partial charge < -0.3 is 29.4 Å². The fraction of sp³-hybridized carbons (Fsp3) is 0.593. The van der Waals surface area contributed by atoms with Gasteiger partial charge in [0.25, 0.3) is 0 Å². The molecule has 3 N–H and O–H groups in total. The van der Waals surface area contributed by atoms with E-state index in [2.05, 4.69) is 62.4 Å². The van der Waals surface area contributed by atoms with Crippen molar-refractivity contribution in [3.05, 3.63) is 76.5 Å². The van der Waals surface area contributed by atoms with Crippen molar-refractivity contribution in [2.45, 2.75) is 134 Å². The molecule has 2 amide bonds. The van der Waals surface area contributed by atoms with Crippen molar-refractivity contribution in [2.75, 3.05) is 71.0 Å². The number of ketones is 1. The van der Waals surface area contributed by atoms with Crippen LogP contribution in [0.15, 0.2) is 59.7 Å². The second kappa shape index (κ2) is 25.2. The highest BCUT2D eigenvalue weighted by molar-refractivity contribution is 6.00. The first-order valence-electron chi connectivity index (χ1n) is 26.2. The predicted molar refractivity (Wildman–Crippen MR) is 273 cm³/mol. The number of ether oxygens (including phenoxy) is 2. The third-order valence-electron chi connectivity index (χ3n) is 14.5. The minimum Gasteiger partial charge on any atom is -0.393 e. The van der Waals surface area contributed by atoms with Crippen molar-refractivity contribution >= 4 is 45.6 Å². The van der Waals surface area contributed by atoms with Gasteiger partial charge in [-0.3, -0.25) is 33.7 Å². The van der Waals surface area contributed by atoms with Gasteiger partial charge >= 0.3 is 5.69 Å². The Balaban J connectivity index is 0.660. The number of carbonyl (C=O) groups excluding carboxylic acids is 3. The maximum absolute atomic E-state index is 13.2. The summed E-state index contributed by atoms with van der Waals surface area (Å²) < 4.78 is 17.1. The first-order chi connectivity index (χ1) is 34.2. The van der Waals surface area contributed by atoms with Gasteiger partial charge in [0.05, 0.1) is 17.1 Å². The Morgan fingerprint density at radius 1 is 0.843 bits per heavy atom. The monoisotopic (exact) mass is 962 g/mol. The van der Waals surface area contributed by atoms with E-state index in [1.54, 1.807) is 11.6 Å². The van der Waals surface area contributed by atoms with Crippen LogP contribution in [0.2, 0.25) is 0 Å². The van der Waals surface area contributed by atoms with E-state index in [0.717, 1.165) is 151 Å². The average molecular weight is 962 g/mol. The Labute approximate surface area is 412 Å². The first kappa shape index (κ1) is 51.1. The number of amides is 2. The normalized spacial score (nSPS) is 19.3. The van der Waals surface area contributed by atoms with Crippen molar-refractivity contribution < 1.29 is 29.0 Å². The fourth-order valence-corrected chi connectivity index (χ4v) is 10.5. The number of unbranched alkanes of at least 4 members (excludes halogenated alkanes) is 2. The Kier molecular flexibility index (Phi) is 18.4. The average Bonchev–Trinajstić information content (AvgIpc) is 3.86. The van der Waals surface area contributed by atoms with Crippen LogP contribution in [0.3, 0.4) is 0 Å². The summed E-state index contributed by atoms with van der Waals surface area (Å²) >= 11 is 0. The third kappa shape index (κ3) is 13.2. The Bertz CT molecular complexity index is 2570. The number of imidazole rings is 1. The summed E-state index contributed by atoms with van der Waals surface area (Å²) in [6.07, 6.45) is 16.5. The van der Waals surface area contributed by atoms with E-state index in [1.165, 1.54) is 15.7 Å². The zero-order chi connectivity index (χ0) is 48.8. The number of nitrogens with zero attached hydrogens (tertiary/aromatic N) is 7. The SMILES string of the molecule is CCCCNc1ncc2c(-c3ccc(CN4CCN(CCCC(=O)CCCCOCCCOCCCc5cccc6c5n(C)c(=O)n6C5CCC(=O)NC5=O)CC4)cc3)cn(C3CCC(O)CC3)c2n1. The molecule has 378 valence electrons. The number of imide groups is 1. The molecule has 0 bridgehead atoms. The summed E-state index contributed by atoms with van der Waals surface area (Å²) in [4.78, 5) is 64.8. The summed E-state index contributed by atoms with van der Waals surface area (Å²) in [6, 6.07) is 14.4. The Hall–Kier alpha value is -5.26. The lowest BCUT2D eigenvalue weighted by Gasteiger charge is -2.34. The van der Waals surface area contributed by atoms with Crippen molar-refractivity contribution in [1.29, 1.82) is 0 Å². The maximum atomic E-state index is 13.2.